The summed E-state index contributed by atoms with van der Waals surface area (Å²) in [5.41, 5.74) is 6.46. The summed E-state index contributed by atoms with van der Waals surface area (Å²) in [6.45, 7) is 6.22. The largest absolute Gasteiger partial charge is 0.389 e. The standard InChI is InChI=1S/C11H17N3S/c1-3-7-14(4-2)10-8-9(11(12)15)5-6-13-10/h5-6,8H,3-4,7H2,1-2H3,(H2,12,15). The molecule has 82 valence electrons. The normalized spacial score (nSPS) is 10.0. The van der Waals surface area contributed by atoms with Gasteiger partial charge in [-0.15, -0.1) is 0 Å². The molecule has 1 rings (SSSR count). The number of anilines is 1. The molecule has 0 aliphatic heterocycles. The molecular weight excluding hydrogens is 206 g/mol. The predicted octanol–water partition coefficient (Wildman–Crippen LogP) is 1.95. The van der Waals surface area contributed by atoms with Crippen molar-refractivity contribution in [1.29, 1.82) is 0 Å². The second kappa shape index (κ2) is 5.66. The van der Waals surface area contributed by atoms with Gasteiger partial charge in [0.2, 0.25) is 0 Å². The van der Waals surface area contributed by atoms with E-state index in [2.05, 4.69) is 23.7 Å². The molecule has 0 saturated carbocycles. The molecule has 1 aromatic heterocycles. The molecular formula is C11H17N3S. The minimum Gasteiger partial charge on any atom is -0.389 e. The van der Waals surface area contributed by atoms with Crippen molar-refractivity contribution in [3.8, 4) is 0 Å². The summed E-state index contributed by atoms with van der Waals surface area (Å²) in [7, 11) is 0. The van der Waals surface area contributed by atoms with Crippen molar-refractivity contribution in [2.45, 2.75) is 20.3 Å². The van der Waals surface area contributed by atoms with Gasteiger partial charge in [-0.05, 0) is 25.5 Å². The summed E-state index contributed by atoms with van der Waals surface area (Å²) in [6, 6.07) is 3.78. The molecule has 1 heterocycles. The zero-order valence-electron chi connectivity index (χ0n) is 9.23. The summed E-state index contributed by atoms with van der Waals surface area (Å²) in [4.78, 5) is 6.95. The van der Waals surface area contributed by atoms with Gasteiger partial charge in [-0.1, -0.05) is 19.1 Å². The van der Waals surface area contributed by atoms with E-state index in [1.807, 2.05) is 12.1 Å². The lowest BCUT2D eigenvalue weighted by molar-refractivity contribution is 0.778. The second-order valence-electron chi connectivity index (χ2n) is 3.35. The monoisotopic (exact) mass is 223 g/mol. The number of hydrogen-bond acceptors (Lipinski definition) is 3. The Morgan fingerprint density at radius 1 is 1.53 bits per heavy atom. The molecule has 0 radical (unpaired) electrons. The highest BCUT2D eigenvalue weighted by molar-refractivity contribution is 7.80. The first-order valence-electron chi connectivity index (χ1n) is 5.19. The van der Waals surface area contributed by atoms with Gasteiger partial charge in [0.15, 0.2) is 0 Å². The summed E-state index contributed by atoms with van der Waals surface area (Å²) < 4.78 is 0. The van der Waals surface area contributed by atoms with Gasteiger partial charge in [0.25, 0.3) is 0 Å². The fourth-order valence-corrected chi connectivity index (χ4v) is 1.58. The highest BCUT2D eigenvalue weighted by Gasteiger charge is 2.05. The maximum Gasteiger partial charge on any atom is 0.129 e. The van der Waals surface area contributed by atoms with Gasteiger partial charge in [-0.25, -0.2) is 4.98 Å². The Kier molecular flexibility index (Phi) is 4.49. The van der Waals surface area contributed by atoms with Crippen LogP contribution in [0.5, 0.6) is 0 Å². The molecule has 0 atom stereocenters. The van der Waals surface area contributed by atoms with Crippen molar-refractivity contribution in [2.24, 2.45) is 5.73 Å². The van der Waals surface area contributed by atoms with Crippen LogP contribution in [0.2, 0.25) is 0 Å². The lowest BCUT2D eigenvalue weighted by Gasteiger charge is -2.21. The number of pyridine rings is 1. The molecule has 0 aliphatic carbocycles. The molecule has 0 aliphatic rings. The highest BCUT2D eigenvalue weighted by Crippen LogP contribution is 2.12. The van der Waals surface area contributed by atoms with Gasteiger partial charge in [0.05, 0.1) is 0 Å². The van der Waals surface area contributed by atoms with Crippen LogP contribution in [0.3, 0.4) is 0 Å². The van der Waals surface area contributed by atoms with Crippen molar-refractivity contribution < 1.29 is 0 Å². The molecule has 0 unspecified atom stereocenters. The number of nitrogens with zero attached hydrogens (tertiary/aromatic N) is 2. The molecule has 0 amide bonds. The van der Waals surface area contributed by atoms with E-state index in [0.717, 1.165) is 30.9 Å². The smallest absolute Gasteiger partial charge is 0.129 e. The molecule has 0 bridgehead atoms. The molecule has 4 heteroatoms. The summed E-state index contributed by atoms with van der Waals surface area (Å²) in [5, 5.41) is 0. The Morgan fingerprint density at radius 3 is 2.80 bits per heavy atom. The Balaban J connectivity index is 2.92. The average Bonchev–Trinajstić information content (AvgIpc) is 2.26. The van der Waals surface area contributed by atoms with Gasteiger partial charge >= 0.3 is 0 Å². The van der Waals surface area contributed by atoms with Crippen LogP contribution in [0.4, 0.5) is 5.82 Å². The van der Waals surface area contributed by atoms with E-state index in [1.165, 1.54) is 0 Å². The van der Waals surface area contributed by atoms with Crippen molar-refractivity contribution >= 4 is 23.0 Å². The third-order valence-corrected chi connectivity index (χ3v) is 2.46. The van der Waals surface area contributed by atoms with E-state index in [4.69, 9.17) is 18.0 Å². The fraction of sp³-hybridized carbons (Fsp3) is 0.455. The van der Waals surface area contributed by atoms with Gasteiger partial charge in [0, 0.05) is 24.8 Å². The first-order chi connectivity index (χ1) is 7.19. The van der Waals surface area contributed by atoms with Crippen molar-refractivity contribution in [1.82, 2.24) is 4.98 Å². The fourth-order valence-electron chi connectivity index (χ4n) is 1.45. The quantitative estimate of drug-likeness (QED) is 0.775. The van der Waals surface area contributed by atoms with Crippen LogP contribution in [0.15, 0.2) is 18.3 Å². The molecule has 15 heavy (non-hydrogen) atoms. The first-order valence-corrected chi connectivity index (χ1v) is 5.60. The second-order valence-corrected chi connectivity index (χ2v) is 3.79. The van der Waals surface area contributed by atoms with Crippen LogP contribution in [-0.2, 0) is 0 Å². The van der Waals surface area contributed by atoms with Crippen LogP contribution in [0.25, 0.3) is 0 Å². The number of aromatic nitrogens is 1. The Hall–Kier alpha value is -1.16. The third-order valence-electron chi connectivity index (χ3n) is 2.23. The van der Waals surface area contributed by atoms with Crippen molar-refractivity contribution in [3.63, 3.8) is 0 Å². The maximum absolute atomic E-state index is 5.58. The molecule has 1 aromatic rings. The maximum atomic E-state index is 5.58. The minimum atomic E-state index is 0.422. The molecule has 0 saturated heterocycles. The van der Waals surface area contributed by atoms with E-state index in [0.29, 0.717) is 4.99 Å². The Bertz CT molecular complexity index is 338. The average molecular weight is 223 g/mol. The Labute approximate surface area is 96.3 Å². The summed E-state index contributed by atoms with van der Waals surface area (Å²) >= 11 is 4.94. The van der Waals surface area contributed by atoms with E-state index in [9.17, 15) is 0 Å². The van der Waals surface area contributed by atoms with E-state index in [1.54, 1.807) is 6.20 Å². The van der Waals surface area contributed by atoms with E-state index in [-0.39, 0.29) is 0 Å². The summed E-state index contributed by atoms with van der Waals surface area (Å²) in [6.07, 6.45) is 2.86. The van der Waals surface area contributed by atoms with Gasteiger partial charge < -0.3 is 10.6 Å². The van der Waals surface area contributed by atoms with Crippen LogP contribution in [-0.4, -0.2) is 23.1 Å². The Morgan fingerprint density at radius 2 is 2.27 bits per heavy atom. The van der Waals surface area contributed by atoms with Gasteiger partial charge in [-0.2, -0.15) is 0 Å². The van der Waals surface area contributed by atoms with E-state index < -0.39 is 0 Å². The van der Waals surface area contributed by atoms with Crippen LogP contribution in [0, 0.1) is 0 Å². The van der Waals surface area contributed by atoms with Gasteiger partial charge in [0.1, 0.15) is 10.8 Å². The zero-order chi connectivity index (χ0) is 11.3. The molecule has 3 nitrogen and oxygen atoms in total. The summed E-state index contributed by atoms with van der Waals surface area (Å²) in [5.74, 6) is 0.949. The lowest BCUT2D eigenvalue weighted by atomic mass is 10.2. The number of rotatable bonds is 5. The zero-order valence-corrected chi connectivity index (χ0v) is 10.0. The molecule has 0 fully saturated rings. The highest BCUT2D eigenvalue weighted by atomic mass is 32.1. The van der Waals surface area contributed by atoms with Crippen molar-refractivity contribution in [3.05, 3.63) is 23.9 Å². The minimum absolute atomic E-state index is 0.422. The number of thiocarbonyl (C=S) groups is 1. The first kappa shape index (κ1) is 11.9. The number of nitrogens with two attached hydrogens (primary N) is 1. The van der Waals surface area contributed by atoms with Gasteiger partial charge in [-0.3, -0.25) is 0 Å². The van der Waals surface area contributed by atoms with Crippen LogP contribution in [0.1, 0.15) is 25.8 Å². The molecule has 0 spiro atoms. The van der Waals surface area contributed by atoms with Crippen LogP contribution >= 0.6 is 12.2 Å². The lowest BCUT2D eigenvalue weighted by Crippen LogP contribution is -2.25. The molecule has 2 N–H and O–H groups in total. The third kappa shape index (κ3) is 3.16. The molecule has 0 aromatic carbocycles. The number of hydrogen-bond donors (Lipinski definition) is 1. The topological polar surface area (TPSA) is 42.1 Å². The predicted molar refractivity (Wildman–Crippen MR) is 68.3 cm³/mol. The van der Waals surface area contributed by atoms with Crippen molar-refractivity contribution in [2.75, 3.05) is 18.0 Å². The van der Waals surface area contributed by atoms with Crippen LogP contribution < -0.4 is 10.6 Å². The van der Waals surface area contributed by atoms with E-state index >= 15 is 0 Å². The SMILES string of the molecule is CCCN(CC)c1cc(C(N)=S)ccn1.